The maximum Gasteiger partial charge on any atom is 0.228 e. The number of amides is 1. The van der Waals surface area contributed by atoms with Crippen LogP contribution in [0.2, 0.25) is 0 Å². The van der Waals surface area contributed by atoms with Crippen molar-refractivity contribution >= 4 is 5.91 Å². The zero-order valence-electron chi connectivity index (χ0n) is 10.5. The van der Waals surface area contributed by atoms with Crippen molar-refractivity contribution in [3.8, 4) is 5.75 Å². The Balaban J connectivity index is 1.60. The number of phenolic OH excluding ortho intramolecular Hbond substituents is 1. The third-order valence-electron chi connectivity index (χ3n) is 3.57. The van der Waals surface area contributed by atoms with Gasteiger partial charge in [-0.1, -0.05) is 36.4 Å². The first-order valence-corrected chi connectivity index (χ1v) is 6.37. The monoisotopic (exact) mass is 253 g/mol. The lowest BCUT2D eigenvalue weighted by Crippen LogP contribution is -2.35. The van der Waals surface area contributed by atoms with Crippen LogP contribution >= 0.6 is 0 Å². The van der Waals surface area contributed by atoms with Crippen LogP contribution in [0.1, 0.15) is 22.6 Å². The predicted octanol–water partition coefficient (Wildman–Crippen LogP) is 2.35. The summed E-state index contributed by atoms with van der Waals surface area (Å²) in [6, 6.07) is 14.9. The van der Waals surface area contributed by atoms with E-state index < -0.39 is 0 Å². The summed E-state index contributed by atoms with van der Waals surface area (Å²) < 4.78 is 0. The van der Waals surface area contributed by atoms with Gasteiger partial charge in [-0.2, -0.15) is 0 Å². The molecule has 0 heterocycles. The molecule has 0 radical (unpaired) electrons. The SMILES string of the molecule is O=C(NCc1ccc(O)cc1)C1Cc2ccccc21. The smallest absolute Gasteiger partial charge is 0.228 e. The Bertz CT molecular complexity index is 604. The van der Waals surface area contributed by atoms with Crippen molar-refractivity contribution in [2.75, 3.05) is 0 Å². The van der Waals surface area contributed by atoms with E-state index in [1.165, 1.54) is 5.56 Å². The van der Waals surface area contributed by atoms with E-state index in [1.807, 2.05) is 30.3 Å². The number of phenols is 1. The predicted molar refractivity (Wildman–Crippen MR) is 72.8 cm³/mol. The second-order valence-electron chi connectivity index (χ2n) is 4.84. The molecule has 0 aromatic heterocycles. The molecule has 2 aromatic rings. The summed E-state index contributed by atoms with van der Waals surface area (Å²) in [5.41, 5.74) is 3.40. The largest absolute Gasteiger partial charge is 0.508 e. The number of carbonyl (C=O) groups excluding carboxylic acids is 1. The van der Waals surface area contributed by atoms with Crippen molar-refractivity contribution in [3.63, 3.8) is 0 Å². The minimum absolute atomic E-state index is 0.00619. The number of fused-ring (bicyclic) bond motifs is 1. The van der Waals surface area contributed by atoms with Gasteiger partial charge in [-0.05, 0) is 35.2 Å². The lowest BCUT2D eigenvalue weighted by Gasteiger charge is -2.28. The normalized spacial score (nSPS) is 16.3. The van der Waals surface area contributed by atoms with E-state index in [9.17, 15) is 9.90 Å². The molecule has 2 N–H and O–H groups in total. The van der Waals surface area contributed by atoms with Crippen LogP contribution in [0.3, 0.4) is 0 Å². The number of aromatic hydroxyl groups is 1. The van der Waals surface area contributed by atoms with E-state index in [1.54, 1.807) is 12.1 Å². The second kappa shape index (κ2) is 4.76. The maximum absolute atomic E-state index is 12.1. The van der Waals surface area contributed by atoms with Crippen LogP contribution < -0.4 is 5.32 Å². The molecule has 1 amide bonds. The Morgan fingerprint density at radius 1 is 1.16 bits per heavy atom. The summed E-state index contributed by atoms with van der Waals surface area (Å²) in [7, 11) is 0. The number of benzene rings is 2. The van der Waals surface area contributed by atoms with Gasteiger partial charge in [-0.3, -0.25) is 4.79 Å². The Kier molecular flexibility index (Phi) is 2.95. The topological polar surface area (TPSA) is 49.3 Å². The molecular formula is C16H15NO2. The van der Waals surface area contributed by atoms with E-state index in [0.717, 1.165) is 17.5 Å². The molecule has 1 aliphatic carbocycles. The van der Waals surface area contributed by atoms with Gasteiger partial charge < -0.3 is 10.4 Å². The second-order valence-corrected chi connectivity index (χ2v) is 4.84. The molecule has 0 fully saturated rings. The van der Waals surface area contributed by atoms with Crippen molar-refractivity contribution in [2.24, 2.45) is 0 Å². The van der Waals surface area contributed by atoms with Crippen LogP contribution in [0, 0.1) is 0 Å². The van der Waals surface area contributed by atoms with E-state index in [4.69, 9.17) is 0 Å². The van der Waals surface area contributed by atoms with E-state index in [0.29, 0.717) is 6.54 Å². The van der Waals surface area contributed by atoms with Crippen molar-refractivity contribution in [1.82, 2.24) is 5.32 Å². The molecule has 0 bridgehead atoms. The van der Waals surface area contributed by atoms with Crippen LogP contribution in [-0.2, 0) is 17.8 Å². The zero-order chi connectivity index (χ0) is 13.2. The van der Waals surface area contributed by atoms with E-state index >= 15 is 0 Å². The highest BCUT2D eigenvalue weighted by molar-refractivity contribution is 5.86. The molecule has 0 saturated heterocycles. The molecule has 3 rings (SSSR count). The number of nitrogens with one attached hydrogen (secondary N) is 1. The average molecular weight is 253 g/mol. The fraction of sp³-hybridized carbons (Fsp3) is 0.188. The number of hydrogen-bond acceptors (Lipinski definition) is 2. The van der Waals surface area contributed by atoms with Crippen molar-refractivity contribution in [3.05, 3.63) is 65.2 Å². The summed E-state index contributed by atoms with van der Waals surface area (Å²) in [5, 5.41) is 12.1. The highest BCUT2D eigenvalue weighted by Crippen LogP contribution is 2.34. The average Bonchev–Trinajstić information content (AvgIpc) is 2.39. The molecule has 1 aliphatic rings. The van der Waals surface area contributed by atoms with Gasteiger partial charge >= 0.3 is 0 Å². The molecule has 1 atom stereocenters. The Hall–Kier alpha value is -2.29. The fourth-order valence-electron chi connectivity index (χ4n) is 2.42. The first-order valence-electron chi connectivity index (χ1n) is 6.37. The first-order chi connectivity index (χ1) is 9.24. The highest BCUT2D eigenvalue weighted by Gasteiger charge is 2.31. The lowest BCUT2D eigenvalue weighted by atomic mass is 9.77. The molecule has 96 valence electrons. The molecular weight excluding hydrogens is 238 g/mol. The molecule has 0 spiro atoms. The number of rotatable bonds is 3. The fourth-order valence-corrected chi connectivity index (χ4v) is 2.42. The van der Waals surface area contributed by atoms with Gasteiger partial charge in [0.1, 0.15) is 5.75 Å². The Morgan fingerprint density at radius 2 is 1.89 bits per heavy atom. The zero-order valence-corrected chi connectivity index (χ0v) is 10.5. The summed E-state index contributed by atoms with van der Waals surface area (Å²) in [5.74, 6) is 0.308. The van der Waals surface area contributed by atoms with Gasteiger partial charge in [0.15, 0.2) is 0 Å². The van der Waals surface area contributed by atoms with Crippen LogP contribution in [0.15, 0.2) is 48.5 Å². The Labute approximate surface area is 111 Å². The third-order valence-corrected chi connectivity index (χ3v) is 3.57. The van der Waals surface area contributed by atoms with Gasteiger partial charge in [0.2, 0.25) is 5.91 Å². The van der Waals surface area contributed by atoms with Gasteiger partial charge in [0.05, 0.1) is 5.92 Å². The van der Waals surface area contributed by atoms with Crippen LogP contribution in [0.4, 0.5) is 0 Å². The van der Waals surface area contributed by atoms with Gasteiger partial charge in [-0.15, -0.1) is 0 Å². The Morgan fingerprint density at radius 3 is 2.63 bits per heavy atom. The molecule has 3 heteroatoms. The van der Waals surface area contributed by atoms with E-state index in [-0.39, 0.29) is 17.6 Å². The van der Waals surface area contributed by atoms with Crippen LogP contribution in [0.5, 0.6) is 5.75 Å². The standard InChI is InChI=1S/C16H15NO2/c18-13-7-5-11(6-8-13)10-17-16(19)15-9-12-3-1-2-4-14(12)15/h1-8,15,18H,9-10H2,(H,17,19). The summed E-state index contributed by atoms with van der Waals surface area (Å²) in [6.45, 7) is 0.498. The highest BCUT2D eigenvalue weighted by atomic mass is 16.3. The summed E-state index contributed by atoms with van der Waals surface area (Å²) >= 11 is 0. The minimum Gasteiger partial charge on any atom is -0.508 e. The molecule has 2 aromatic carbocycles. The van der Waals surface area contributed by atoms with Crippen LogP contribution in [-0.4, -0.2) is 11.0 Å². The lowest BCUT2D eigenvalue weighted by molar-refractivity contribution is -0.123. The third kappa shape index (κ3) is 2.32. The first kappa shape index (κ1) is 11.8. The molecule has 0 aliphatic heterocycles. The molecule has 1 unspecified atom stereocenters. The summed E-state index contributed by atoms with van der Waals surface area (Å²) in [6.07, 6.45) is 0.831. The van der Waals surface area contributed by atoms with Crippen LogP contribution in [0.25, 0.3) is 0 Å². The number of hydrogen-bond donors (Lipinski definition) is 2. The van der Waals surface area contributed by atoms with Gasteiger partial charge in [0.25, 0.3) is 0 Å². The maximum atomic E-state index is 12.1. The van der Waals surface area contributed by atoms with Crippen molar-refractivity contribution in [1.29, 1.82) is 0 Å². The van der Waals surface area contributed by atoms with Gasteiger partial charge in [-0.25, -0.2) is 0 Å². The minimum atomic E-state index is -0.00619. The molecule has 0 saturated carbocycles. The molecule has 3 nitrogen and oxygen atoms in total. The quantitative estimate of drug-likeness (QED) is 0.882. The van der Waals surface area contributed by atoms with Gasteiger partial charge in [0, 0.05) is 6.54 Å². The van der Waals surface area contributed by atoms with Crippen molar-refractivity contribution < 1.29 is 9.90 Å². The number of carbonyl (C=O) groups is 1. The summed E-state index contributed by atoms with van der Waals surface area (Å²) in [4.78, 5) is 12.1. The van der Waals surface area contributed by atoms with Crippen molar-refractivity contribution in [2.45, 2.75) is 18.9 Å². The van der Waals surface area contributed by atoms with E-state index in [2.05, 4.69) is 11.4 Å². The molecule has 19 heavy (non-hydrogen) atoms.